The first-order valence-corrected chi connectivity index (χ1v) is 5.84. The number of allylic oxidation sites excluding steroid dienone is 5. The Morgan fingerprint density at radius 2 is 2.18 bits per heavy atom. The van der Waals surface area contributed by atoms with Crippen LogP contribution in [0.1, 0.15) is 32.6 Å². The Labute approximate surface area is 103 Å². The van der Waals surface area contributed by atoms with Crippen molar-refractivity contribution in [1.29, 1.82) is 0 Å². The first kappa shape index (κ1) is 15.4. The molecule has 0 aromatic heterocycles. The van der Waals surface area contributed by atoms with Crippen molar-refractivity contribution in [2.45, 2.75) is 32.6 Å². The van der Waals surface area contributed by atoms with E-state index in [1.54, 1.807) is 0 Å². The number of hydrogen-bond donors (Lipinski definition) is 3. The topological polar surface area (TPSA) is 61.4 Å². The molecule has 1 rings (SSSR count). The van der Waals surface area contributed by atoms with Gasteiger partial charge in [0, 0.05) is 7.05 Å². The van der Waals surface area contributed by atoms with Crippen LogP contribution >= 0.6 is 0 Å². The molecule has 0 fully saturated rings. The molecule has 96 valence electrons. The highest BCUT2D eigenvalue weighted by Crippen LogP contribution is 2.21. The van der Waals surface area contributed by atoms with Crippen molar-refractivity contribution >= 4 is 6.03 Å². The third-order valence-corrected chi connectivity index (χ3v) is 2.39. The molecule has 0 saturated carbocycles. The summed E-state index contributed by atoms with van der Waals surface area (Å²) in [6.45, 7) is 6.19. The van der Waals surface area contributed by atoms with Gasteiger partial charge in [0.1, 0.15) is 0 Å². The number of nitrogens with one attached hydrogen (secondary N) is 2. The molecule has 0 radical (unpaired) electrons. The molecular weight excluding hydrogens is 216 g/mol. The molecule has 1 aliphatic carbocycles. The molecule has 0 atom stereocenters. The predicted molar refractivity (Wildman–Crippen MR) is 69.9 cm³/mol. The number of amides is 2. The molecular formula is C13H22N2O2. The quantitative estimate of drug-likeness (QED) is 0.400. The number of carbonyl (C=O) groups excluding carboxylic acids is 1. The van der Waals surface area contributed by atoms with Gasteiger partial charge in [0.2, 0.25) is 0 Å². The van der Waals surface area contributed by atoms with E-state index < -0.39 is 6.03 Å². The highest BCUT2D eigenvalue weighted by molar-refractivity contribution is 5.71. The van der Waals surface area contributed by atoms with E-state index in [0.29, 0.717) is 0 Å². The highest BCUT2D eigenvalue weighted by Gasteiger charge is 2.02. The van der Waals surface area contributed by atoms with Crippen molar-refractivity contribution in [3.8, 4) is 0 Å². The van der Waals surface area contributed by atoms with Crippen molar-refractivity contribution < 1.29 is 10.0 Å². The van der Waals surface area contributed by atoms with Gasteiger partial charge < -0.3 is 5.32 Å². The second kappa shape index (κ2) is 9.66. The molecule has 0 aromatic rings. The van der Waals surface area contributed by atoms with Crippen molar-refractivity contribution in [3.05, 3.63) is 36.0 Å². The fourth-order valence-corrected chi connectivity index (χ4v) is 1.36. The molecule has 0 aliphatic heterocycles. The zero-order chi connectivity index (χ0) is 13.1. The van der Waals surface area contributed by atoms with Crippen LogP contribution in [-0.4, -0.2) is 18.3 Å². The van der Waals surface area contributed by atoms with Crippen molar-refractivity contribution in [3.63, 3.8) is 0 Å². The van der Waals surface area contributed by atoms with Crippen LogP contribution in [0.15, 0.2) is 36.0 Å². The molecule has 0 saturated heterocycles. The Morgan fingerprint density at radius 3 is 2.53 bits per heavy atom. The first-order valence-electron chi connectivity index (χ1n) is 5.84. The van der Waals surface area contributed by atoms with E-state index in [4.69, 9.17) is 5.21 Å². The highest BCUT2D eigenvalue weighted by atomic mass is 16.5. The molecule has 0 aromatic carbocycles. The van der Waals surface area contributed by atoms with Crippen LogP contribution in [-0.2, 0) is 0 Å². The van der Waals surface area contributed by atoms with Crippen molar-refractivity contribution in [1.82, 2.24) is 10.8 Å². The van der Waals surface area contributed by atoms with Gasteiger partial charge in [-0.25, -0.2) is 10.3 Å². The maximum absolute atomic E-state index is 9.71. The standard InChI is InChI=1S/C11H16.C2H6N2O2/c1-3-4-5-8-11-9-6-7-10(11)2;1-3-2(5)4-6/h6-7,9H,2-5,8H2,1H3;6H,1H3,(H2,3,4,5). The number of hydrogen-bond acceptors (Lipinski definition) is 2. The average molecular weight is 238 g/mol. The number of urea groups is 1. The summed E-state index contributed by atoms with van der Waals surface area (Å²) >= 11 is 0. The molecule has 0 unspecified atom stereocenters. The maximum Gasteiger partial charge on any atom is 0.338 e. The van der Waals surface area contributed by atoms with Crippen LogP contribution in [0.4, 0.5) is 4.79 Å². The van der Waals surface area contributed by atoms with Gasteiger partial charge >= 0.3 is 6.03 Å². The smallest absolute Gasteiger partial charge is 0.338 e. The van der Waals surface area contributed by atoms with Crippen LogP contribution in [0.3, 0.4) is 0 Å². The first-order chi connectivity index (χ1) is 8.15. The van der Waals surface area contributed by atoms with E-state index in [1.165, 1.54) is 49.4 Å². The van der Waals surface area contributed by atoms with Crippen LogP contribution in [0.25, 0.3) is 0 Å². The zero-order valence-corrected chi connectivity index (χ0v) is 10.6. The Balaban J connectivity index is 0.000000366. The molecule has 0 bridgehead atoms. The maximum atomic E-state index is 9.71. The summed E-state index contributed by atoms with van der Waals surface area (Å²) in [5.74, 6) is 0. The number of unbranched alkanes of at least 4 members (excludes halogenated alkanes) is 2. The number of carbonyl (C=O) groups is 1. The molecule has 2 amide bonds. The van der Waals surface area contributed by atoms with Gasteiger partial charge in [-0.2, -0.15) is 0 Å². The fraction of sp³-hybridized carbons (Fsp3) is 0.462. The van der Waals surface area contributed by atoms with Crippen molar-refractivity contribution in [2.24, 2.45) is 0 Å². The molecule has 4 nitrogen and oxygen atoms in total. The van der Waals surface area contributed by atoms with Gasteiger partial charge in [-0.3, -0.25) is 5.21 Å². The Morgan fingerprint density at radius 1 is 1.47 bits per heavy atom. The Kier molecular flexibility index (Phi) is 8.78. The second-order valence-electron chi connectivity index (χ2n) is 3.72. The summed E-state index contributed by atoms with van der Waals surface area (Å²) in [4.78, 5) is 9.71. The average Bonchev–Trinajstić information content (AvgIpc) is 2.75. The normalized spacial score (nSPS) is 12.6. The molecule has 0 heterocycles. The predicted octanol–water partition coefficient (Wildman–Crippen LogP) is 2.92. The second-order valence-corrected chi connectivity index (χ2v) is 3.72. The third-order valence-electron chi connectivity index (χ3n) is 2.39. The van der Waals surface area contributed by atoms with E-state index in [2.05, 4.69) is 37.0 Å². The van der Waals surface area contributed by atoms with E-state index >= 15 is 0 Å². The minimum Gasteiger partial charge on any atom is -0.339 e. The van der Waals surface area contributed by atoms with Gasteiger partial charge in [0.25, 0.3) is 0 Å². The minimum atomic E-state index is -0.602. The fourth-order valence-electron chi connectivity index (χ4n) is 1.36. The number of hydroxylamine groups is 1. The van der Waals surface area contributed by atoms with Gasteiger partial charge in [-0.05, 0) is 24.0 Å². The van der Waals surface area contributed by atoms with E-state index in [1.807, 2.05) is 0 Å². The van der Waals surface area contributed by atoms with Gasteiger partial charge in [0.15, 0.2) is 0 Å². The lowest BCUT2D eigenvalue weighted by Gasteiger charge is -2.01. The summed E-state index contributed by atoms with van der Waals surface area (Å²) in [5, 5.41) is 9.79. The van der Waals surface area contributed by atoms with Crippen LogP contribution in [0.2, 0.25) is 0 Å². The third kappa shape index (κ3) is 7.36. The summed E-state index contributed by atoms with van der Waals surface area (Å²) < 4.78 is 0. The van der Waals surface area contributed by atoms with Gasteiger partial charge in [-0.15, -0.1) is 0 Å². The summed E-state index contributed by atoms with van der Waals surface area (Å²) in [5.41, 5.74) is 4.00. The lowest BCUT2D eigenvalue weighted by atomic mass is 10.0. The van der Waals surface area contributed by atoms with Crippen LogP contribution in [0.5, 0.6) is 0 Å². The Bertz CT molecular complexity index is 301. The summed E-state index contributed by atoms with van der Waals surface area (Å²) in [7, 11) is 1.41. The minimum absolute atomic E-state index is 0.602. The monoisotopic (exact) mass is 238 g/mol. The van der Waals surface area contributed by atoms with E-state index in [-0.39, 0.29) is 0 Å². The summed E-state index contributed by atoms with van der Waals surface area (Å²) in [6.07, 6.45) is 11.5. The van der Waals surface area contributed by atoms with Crippen molar-refractivity contribution in [2.75, 3.05) is 7.05 Å². The number of rotatable bonds is 4. The molecule has 17 heavy (non-hydrogen) atoms. The summed E-state index contributed by atoms with van der Waals surface area (Å²) in [6, 6.07) is -0.602. The zero-order valence-electron chi connectivity index (χ0n) is 10.6. The van der Waals surface area contributed by atoms with Gasteiger partial charge in [0.05, 0.1) is 0 Å². The lowest BCUT2D eigenvalue weighted by molar-refractivity contribution is 0.163. The SMILES string of the molecule is C=C1C=CC=C1CCCCC.CNC(=O)NO. The van der Waals surface area contributed by atoms with Gasteiger partial charge in [-0.1, -0.05) is 44.6 Å². The molecule has 3 N–H and O–H groups in total. The molecule has 0 spiro atoms. The largest absolute Gasteiger partial charge is 0.339 e. The molecule has 4 heteroatoms. The lowest BCUT2D eigenvalue weighted by Crippen LogP contribution is -2.29. The molecule has 1 aliphatic rings. The van der Waals surface area contributed by atoms with E-state index in [0.717, 1.165) is 0 Å². The van der Waals surface area contributed by atoms with E-state index in [9.17, 15) is 4.79 Å². The van der Waals surface area contributed by atoms with Crippen LogP contribution < -0.4 is 10.8 Å². The van der Waals surface area contributed by atoms with Crippen LogP contribution in [0, 0.1) is 0 Å². The Hall–Kier alpha value is -1.55.